The molecule has 0 aliphatic carbocycles. The first-order valence-electron chi connectivity index (χ1n) is 7.82. The Kier molecular flexibility index (Phi) is 5.39. The van der Waals surface area contributed by atoms with Gasteiger partial charge < -0.3 is 20.6 Å². The van der Waals surface area contributed by atoms with E-state index in [0.717, 1.165) is 22.4 Å². The number of anilines is 2. The molecular formula is C15H18N6O2S2. The van der Waals surface area contributed by atoms with Crippen molar-refractivity contribution in [2.75, 3.05) is 17.2 Å². The van der Waals surface area contributed by atoms with Gasteiger partial charge in [0, 0.05) is 12.2 Å². The molecule has 1 aromatic carbocycles. The van der Waals surface area contributed by atoms with Gasteiger partial charge in [-0.2, -0.15) is 0 Å². The molecule has 3 rings (SSSR count). The van der Waals surface area contributed by atoms with Crippen molar-refractivity contribution in [2.24, 2.45) is 0 Å². The molecule has 2 heterocycles. The Labute approximate surface area is 151 Å². The molecule has 0 aliphatic heterocycles. The van der Waals surface area contributed by atoms with Gasteiger partial charge in [-0.15, -0.1) is 10.2 Å². The van der Waals surface area contributed by atoms with Crippen LogP contribution in [0.2, 0.25) is 0 Å². The van der Waals surface area contributed by atoms with E-state index in [1.165, 1.54) is 23.1 Å². The molecule has 1 atom stereocenters. The van der Waals surface area contributed by atoms with Crippen LogP contribution in [-0.4, -0.2) is 37.9 Å². The standard InChI is InChI=1S/C15H18N6O2S2/c1-3-6-16-14-20-21-15(25-14)24-8(2)12(22)17-9-4-5-10-11(7-9)19-13(23)18-10/h4-5,7-8H,3,6H2,1-2H3,(H,16,20)(H,17,22)(H2,18,19,23)/t8-/m0/s1. The third-order valence-electron chi connectivity index (χ3n) is 3.36. The molecule has 2 aromatic heterocycles. The van der Waals surface area contributed by atoms with E-state index in [-0.39, 0.29) is 16.8 Å². The number of H-pyrrole nitrogens is 2. The van der Waals surface area contributed by atoms with Crippen molar-refractivity contribution in [2.45, 2.75) is 29.9 Å². The van der Waals surface area contributed by atoms with E-state index in [4.69, 9.17) is 0 Å². The maximum Gasteiger partial charge on any atom is 0.323 e. The zero-order chi connectivity index (χ0) is 17.8. The number of fused-ring (bicyclic) bond motifs is 1. The molecule has 0 saturated heterocycles. The highest BCUT2D eigenvalue weighted by atomic mass is 32.2. The van der Waals surface area contributed by atoms with Crippen LogP contribution in [0.25, 0.3) is 11.0 Å². The third kappa shape index (κ3) is 4.40. The average Bonchev–Trinajstić information content (AvgIpc) is 3.17. The summed E-state index contributed by atoms with van der Waals surface area (Å²) in [7, 11) is 0. The van der Waals surface area contributed by atoms with Crippen LogP contribution in [0.15, 0.2) is 27.3 Å². The number of carbonyl (C=O) groups excluding carboxylic acids is 1. The summed E-state index contributed by atoms with van der Waals surface area (Å²) in [5.41, 5.74) is 1.71. The summed E-state index contributed by atoms with van der Waals surface area (Å²) in [6.07, 6.45) is 1.01. The molecule has 0 spiro atoms. The molecular weight excluding hydrogens is 360 g/mol. The first kappa shape index (κ1) is 17.5. The van der Waals surface area contributed by atoms with Gasteiger partial charge in [-0.25, -0.2) is 4.79 Å². The molecule has 0 saturated carbocycles. The maximum absolute atomic E-state index is 12.4. The Morgan fingerprint density at radius 2 is 2.12 bits per heavy atom. The molecule has 132 valence electrons. The number of aromatic nitrogens is 4. The molecule has 4 N–H and O–H groups in total. The van der Waals surface area contributed by atoms with E-state index < -0.39 is 0 Å². The summed E-state index contributed by atoms with van der Waals surface area (Å²) >= 11 is 2.80. The number of benzene rings is 1. The van der Waals surface area contributed by atoms with E-state index >= 15 is 0 Å². The van der Waals surface area contributed by atoms with E-state index in [1.807, 2.05) is 6.92 Å². The number of rotatable bonds is 7. The second kappa shape index (κ2) is 7.70. The number of imidazole rings is 1. The van der Waals surface area contributed by atoms with Crippen molar-refractivity contribution in [3.8, 4) is 0 Å². The largest absolute Gasteiger partial charge is 0.360 e. The van der Waals surface area contributed by atoms with E-state index in [9.17, 15) is 9.59 Å². The van der Waals surface area contributed by atoms with Gasteiger partial charge in [-0.05, 0) is 31.5 Å². The Bertz CT molecular complexity index is 931. The fourth-order valence-corrected chi connectivity index (χ4v) is 4.04. The Morgan fingerprint density at radius 3 is 2.92 bits per heavy atom. The van der Waals surface area contributed by atoms with Crippen LogP contribution in [0.3, 0.4) is 0 Å². The zero-order valence-corrected chi connectivity index (χ0v) is 15.4. The minimum absolute atomic E-state index is 0.138. The van der Waals surface area contributed by atoms with Crippen molar-refractivity contribution in [1.82, 2.24) is 20.2 Å². The van der Waals surface area contributed by atoms with Crippen LogP contribution in [0.4, 0.5) is 10.8 Å². The number of nitrogens with zero attached hydrogens (tertiary/aromatic N) is 2. The fourth-order valence-electron chi connectivity index (χ4n) is 2.12. The summed E-state index contributed by atoms with van der Waals surface area (Å²) in [5, 5.41) is 14.6. The smallest absolute Gasteiger partial charge is 0.323 e. The second-order valence-electron chi connectivity index (χ2n) is 5.39. The average molecular weight is 378 g/mol. The quantitative estimate of drug-likeness (QED) is 0.470. The maximum atomic E-state index is 12.4. The highest BCUT2D eigenvalue weighted by Crippen LogP contribution is 2.29. The predicted molar refractivity (Wildman–Crippen MR) is 102 cm³/mol. The van der Waals surface area contributed by atoms with Gasteiger partial charge in [0.2, 0.25) is 11.0 Å². The predicted octanol–water partition coefficient (Wildman–Crippen LogP) is 2.65. The molecule has 10 heteroatoms. The van der Waals surface area contributed by atoms with Crippen LogP contribution < -0.4 is 16.3 Å². The lowest BCUT2D eigenvalue weighted by atomic mass is 10.2. The highest BCUT2D eigenvalue weighted by Gasteiger charge is 2.17. The number of hydrogen-bond acceptors (Lipinski definition) is 7. The molecule has 3 aromatic rings. The second-order valence-corrected chi connectivity index (χ2v) is 7.95. The van der Waals surface area contributed by atoms with Crippen molar-refractivity contribution in [1.29, 1.82) is 0 Å². The van der Waals surface area contributed by atoms with E-state index in [1.54, 1.807) is 18.2 Å². The molecule has 0 aliphatic rings. The van der Waals surface area contributed by atoms with Gasteiger partial charge in [-0.3, -0.25) is 4.79 Å². The van der Waals surface area contributed by atoms with Crippen molar-refractivity contribution in [3.63, 3.8) is 0 Å². The van der Waals surface area contributed by atoms with Crippen molar-refractivity contribution >= 4 is 50.9 Å². The van der Waals surface area contributed by atoms with Gasteiger partial charge in [0.05, 0.1) is 16.3 Å². The molecule has 0 bridgehead atoms. The minimum atomic E-state index is -0.326. The van der Waals surface area contributed by atoms with E-state index in [0.29, 0.717) is 16.7 Å². The Balaban J connectivity index is 1.61. The Morgan fingerprint density at radius 1 is 1.32 bits per heavy atom. The molecule has 8 nitrogen and oxygen atoms in total. The monoisotopic (exact) mass is 378 g/mol. The van der Waals surface area contributed by atoms with Gasteiger partial charge in [0.15, 0.2) is 4.34 Å². The highest BCUT2D eigenvalue weighted by molar-refractivity contribution is 8.02. The summed E-state index contributed by atoms with van der Waals surface area (Å²) in [6, 6.07) is 5.22. The van der Waals surface area contributed by atoms with Gasteiger partial charge in [0.1, 0.15) is 0 Å². The van der Waals surface area contributed by atoms with Gasteiger partial charge >= 0.3 is 5.69 Å². The van der Waals surface area contributed by atoms with Crippen LogP contribution >= 0.6 is 23.1 Å². The van der Waals surface area contributed by atoms with Gasteiger partial charge in [-0.1, -0.05) is 30.0 Å². The molecule has 0 fully saturated rings. The van der Waals surface area contributed by atoms with Crippen molar-refractivity contribution in [3.05, 3.63) is 28.7 Å². The number of nitrogens with one attached hydrogen (secondary N) is 4. The molecule has 1 amide bonds. The lowest BCUT2D eigenvalue weighted by Gasteiger charge is -2.10. The molecule has 0 unspecified atom stereocenters. The van der Waals surface area contributed by atoms with E-state index in [2.05, 4.69) is 37.7 Å². The number of aromatic amines is 2. The first-order valence-corrected chi connectivity index (χ1v) is 9.51. The molecule has 25 heavy (non-hydrogen) atoms. The lowest BCUT2D eigenvalue weighted by molar-refractivity contribution is -0.115. The van der Waals surface area contributed by atoms with Crippen LogP contribution in [-0.2, 0) is 4.79 Å². The number of thioether (sulfide) groups is 1. The topological polar surface area (TPSA) is 116 Å². The van der Waals surface area contributed by atoms with Crippen molar-refractivity contribution < 1.29 is 4.79 Å². The SMILES string of the molecule is CCCNc1nnc(S[C@@H](C)C(=O)Nc2ccc3[nH]c(=O)[nH]c3c2)s1. The normalized spacial score (nSPS) is 12.2. The van der Waals surface area contributed by atoms with Gasteiger partial charge in [0.25, 0.3) is 0 Å². The molecule has 0 radical (unpaired) electrons. The zero-order valence-electron chi connectivity index (χ0n) is 13.8. The fraction of sp³-hybridized carbons (Fsp3) is 0.333. The summed E-state index contributed by atoms with van der Waals surface area (Å²) in [4.78, 5) is 29.0. The summed E-state index contributed by atoms with van der Waals surface area (Å²) < 4.78 is 0.742. The van der Waals surface area contributed by atoms with Crippen LogP contribution in [0.5, 0.6) is 0 Å². The van der Waals surface area contributed by atoms with Crippen LogP contribution in [0.1, 0.15) is 20.3 Å². The van der Waals surface area contributed by atoms with Crippen LogP contribution in [0, 0.1) is 0 Å². The Hall–Kier alpha value is -2.33. The summed E-state index contributed by atoms with van der Waals surface area (Å²) in [6.45, 7) is 4.74. The third-order valence-corrected chi connectivity index (χ3v) is 5.43. The number of carbonyl (C=O) groups is 1. The minimum Gasteiger partial charge on any atom is -0.360 e. The lowest BCUT2D eigenvalue weighted by Crippen LogP contribution is -2.22. The summed E-state index contributed by atoms with van der Waals surface area (Å²) in [5.74, 6) is -0.138. The number of hydrogen-bond donors (Lipinski definition) is 4. The number of amides is 1. The first-order chi connectivity index (χ1) is 12.0.